The van der Waals surface area contributed by atoms with Gasteiger partial charge in [0, 0.05) is 11.1 Å². The molecular formula is C14H15N3S2. The van der Waals surface area contributed by atoms with Gasteiger partial charge in [-0.3, -0.25) is 4.57 Å². The predicted octanol–water partition coefficient (Wildman–Crippen LogP) is 4.07. The molecule has 0 bridgehead atoms. The van der Waals surface area contributed by atoms with Gasteiger partial charge >= 0.3 is 0 Å². The Morgan fingerprint density at radius 2 is 2.32 bits per heavy atom. The van der Waals surface area contributed by atoms with E-state index in [1.54, 1.807) is 11.3 Å². The molecule has 0 radical (unpaired) electrons. The van der Waals surface area contributed by atoms with E-state index in [4.69, 9.17) is 12.2 Å². The molecule has 19 heavy (non-hydrogen) atoms. The molecule has 0 aliphatic carbocycles. The number of pyridine rings is 1. The smallest absolute Gasteiger partial charge is 0.179 e. The summed E-state index contributed by atoms with van der Waals surface area (Å²) in [4.78, 5) is 9.11. The van der Waals surface area contributed by atoms with Crippen molar-refractivity contribution >= 4 is 34.7 Å². The monoisotopic (exact) mass is 289 g/mol. The predicted molar refractivity (Wildman–Crippen MR) is 82.5 cm³/mol. The van der Waals surface area contributed by atoms with Crippen molar-refractivity contribution in [1.29, 1.82) is 0 Å². The van der Waals surface area contributed by atoms with Crippen molar-refractivity contribution in [3.63, 3.8) is 0 Å². The van der Waals surface area contributed by atoms with E-state index in [0.717, 1.165) is 34.5 Å². The number of hydrogen-bond acceptors (Lipinski definition) is 3. The van der Waals surface area contributed by atoms with Gasteiger partial charge in [0.1, 0.15) is 0 Å². The first-order valence-electron chi connectivity index (χ1n) is 6.29. The zero-order valence-electron chi connectivity index (χ0n) is 10.9. The van der Waals surface area contributed by atoms with Gasteiger partial charge in [-0.2, -0.15) is 0 Å². The van der Waals surface area contributed by atoms with Gasteiger partial charge in [0.15, 0.2) is 10.4 Å². The van der Waals surface area contributed by atoms with Gasteiger partial charge in [0.05, 0.1) is 12.1 Å². The quantitative estimate of drug-likeness (QED) is 0.737. The summed E-state index contributed by atoms with van der Waals surface area (Å²) in [6.07, 6.45) is 2.94. The molecule has 0 aromatic carbocycles. The largest absolute Gasteiger partial charge is 0.329 e. The van der Waals surface area contributed by atoms with Gasteiger partial charge < -0.3 is 4.98 Å². The summed E-state index contributed by atoms with van der Waals surface area (Å²) in [5.74, 6) is 0. The zero-order valence-corrected chi connectivity index (χ0v) is 12.6. The number of nitrogens with zero attached hydrogens (tertiary/aromatic N) is 2. The number of hydrogen-bond donors (Lipinski definition) is 1. The Morgan fingerprint density at radius 3 is 3.11 bits per heavy atom. The summed E-state index contributed by atoms with van der Waals surface area (Å²) in [6, 6.07) is 4.28. The van der Waals surface area contributed by atoms with Crippen LogP contribution in [0.15, 0.2) is 23.7 Å². The average Bonchev–Trinajstić information content (AvgIpc) is 2.95. The molecule has 3 aromatic heterocycles. The van der Waals surface area contributed by atoms with Crippen molar-refractivity contribution in [2.24, 2.45) is 0 Å². The van der Waals surface area contributed by atoms with Crippen LogP contribution in [0.1, 0.15) is 22.9 Å². The lowest BCUT2D eigenvalue weighted by Crippen LogP contribution is -2.01. The second-order valence-corrected chi connectivity index (χ2v) is 6.01. The average molecular weight is 289 g/mol. The third-order valence-electron chi connectivity index (χ3n) is 3.27. The molecule has 0 unspecified atom stereocenters. The first kappa shape index (κ1) is 12.6. The van der Waals surface area contributed by atoms with E-state index < -0.39 is 0 Å². The molecule has 98 valence electrons. The van der Waals surface area contributed by atoms with E-state index in [2.05, 4.69) is 39.0 Å². The number of aryl methyl sites for hydroxylation is 2. The van der Waals surface area contributed by atoms with Gasteiger partial charge in [0.25, 0.3) is 0 Å². The van der Waals surface area contributed by atoms with E-state index in [0.29, 0.717) is 0 Å². The van der Waals surface area contributed by atoms with Gasteiger partial charge in [-0.15, -0.1) is 11.3 Å². The third-order valence-corrected chi connectivity index (χ3v) is 4.54. The molecule has 1 N–H and O–H groups in total. The van der Waals surface area contributed by atoms with Crippen LogP contribution in [0.4, 0.5) is 0 Å². The Balaban J connectivity index is 2.10. The standard InChI is InChI=1S/C14H15N3S2/c1-3-10-4-5-19-12(10)8-17-13-11(16-14(17)18)6-9(2)7-15-13/h4-7H,3,8H2,1-2H3,(H,16,18). The molecule has 0 fully saturated rings. The van der Waals surface area contributed by atoms with Crippen LogP contribution in [0.2, 0.25) is 0 Å². The molecule has 3 rings (SSSR count). The van der Waals surface area contributed by atoms with E-state index in [-0.39, 0.29) is 0 Å². The highest BCUT2D eigenvalue weighted by Gasteiger charge is 2.09. The number of imidazole rings is 1. The maximum absolute atomic E-state index is 5.42. The van der Waals surface area contributed by atoms with Gasteiger partial charge in [-0.1, -0.05) is 6.92 Å². The fourth-order valence-electron chi connectivity index (χ4n) is 2.26. The Morgan fingerprint density at radius 1 is 1.47 bits per heavy atom. The molecular weight excluding hydrogens is 274 g/mol. The van der Waals surface area contributed by atoms with Crippen LogP contribution in [0, 0.1) is 11.7 Å². The van der Waals surface area contributed by atoms with Gasteiger partial charge in [0.2, 0.25) is 0 Å². The topological polar surface area (TPSA) is 33.6 Å². The molecule has 0 spiro atoms. The van der Waals surface area contributed by atoms with Gasteiger partial charge in [-0.05, 0) is 54.2 Å². The van der Waals surface area contributed by atoms with Crippen LogP contribution < -0.4 is 0 Å². The lowest BCUT2D eigenvalue weighted by Gasteiger charge is -2.04. The van der Waals surface area contributed by atoms with Crippen LogP contribution in [-0.2, 0) is 13.0 Å². The number of thiophene rings is 1. The van der Waals surface area contributed by atoms with E-state index in [1.807, 2.05) is 13.1 Å². The van der Waals surface area contributed by atoms with Crippen LogP contribution >= 0.6 is 23.6 Å². The van der Waals surface area contributed by atoms with Crippen molar-refractivity contribution in [1.82, 2.24) is 14.5 Å². The number of aromatic amines is 1. The second kappa shape index (κ2) is 4.90. The van der Waals surface area contributed by atoms with E-state index >= 15 is 0 Å². The molecule has 0 amide bonds. The molecule has 0 aliphatic heterocycles. The molecule has 0 atom stereocenters. The van der Waals surface area contributed by atoms with Crippen molar-refractivity contribution < 1.29 is 0 Å². The normalized spacial score (nSPS) is 11.3. The van der Waals surface area contributed by atoms with Crippen molar-refractivity contribution in [2.45, 2.75) is 26.8 Å². The first-order valence-corrected chi connectivity index (χ1v) is 7.58. The molecule has 3 aromatic rings. The summed E-state index contributed by atoms with van der Waals surface area (Å²) >= 11 is 7.20. The van der Waals surface area contributed by atoms with Crippen molar-refractivity contribution in [2.75, 3.05) is 0 Å². The molecule has 0 aliphatic rings. The molecule has 0 saturated heterocycles. The highest BCUT2D eigenvalue weighted by molar-refractivity contribution is 7.71. The summed E-state index contributed by atoms with van der Waals surface area (Å²) in [6.45, 7) is 5.02. The fraction of sp³-hybridized carbons (Fsp3) is 0.286. The maximum atomic E-state index is 5.42. The van der Waals surface area contributed by atoms with E-state index in [9.17, 15) is 0 Å². The van der Waals surface area contributed by atoms with Crippen LogP contribution in [-0.4, -0.2) is 14.5 Å². The number of rotatable bonds is 3. The second-order valence-electron chi connectivity index (χ2n) is 4.62. The Bertz CT molecular complexity index is 779. The number of H-pyrrole nitrogens is 1. The van der Waals surface area contributed by atoms with Crippen LogP contribution in [0.25, 0.3) is 11.2 Å². The third kappa shape index (κ3) is 2.24. The maximum Gasteiger partial charge on any atom is 0.179 e. The molecule has 0 saturated carbocycles. The lowest BCUT2D eigenvalue weighted by molar-refractivity contribution is 0.804. The minimum absolute atomic E-state index is 0.739. The van der Waals surface area contributed by atoms with Crippen LogP contribution in [0.3, 0.4) is 0 Å². The SMILES string of the molecule is CCc1ccsc1Cn1c(=S)[nH]c2cc(C)cnc21. The summed E-state index contributed by atoms with van der Waals surface area (Å²) in [7, 11) is 0. The minimum atomic E-state index is 0.739. The Labute approximate surface area is 120 Å². The summed E-state index contributed by atoms with van der Waals surface area (Å²) < 4.78 is 2.82. The summed E-state index contributed by atoms with van der Waals surface area (Å²) in [5.41, 5.74) is 4.49. The molecule has 3 heterocycles. The zero-order chi connectivity index (χ0) is 13.4. The van der Waals surface area contributed by atoms with E-state index in [1.165, 1.54) is 10.4 Å². The molecule has 5 heteroatoms. The van der Waals surface area contributed by atoms with Crippen molar-refractivity contribution in [3.8, 4) is 0 Å². The van der Waals surface area contributed by atoms with Gasteiger partial charge in [-0.25, -0.2) is 4.98 Å². The highest BCUT2D eigenvalue weighted by Crippen LogP contribution is 2.21. The first-order chi connectivity index (χ1) is 9.19. The lowest BCUT2D eigenvalue weighted by atomic mass is 10.2. The minimum Gasteiger partial charge on any atom is -0.329 e. The van der Waals surface area contributed by atoms with Crippen LogP contribution in [0.5, 0.6) is 0 Å². The number of fused-ring (bicyclic) bond motifs is 1. The summed E-state index contributed by atoms with van der Waals surface area (Å²) in [5, 5.41) is 2.14. The highest BCUT2D eigenvalue weighted by atomic mass is 32.1. The number of aromatic nitrogens is 3. The van der Waals surface area contributed by atoms with Crippen molar-refractivity contribution in [3.05, 3.63) is 44.5 Å². The molecule has 3 nitrogen and oxygen atoms in total. The fourth-order valence-corrected chi connectivity index (χ4v) is 3.48. The Hall–Kier alpha value is -1.46. The Kier molecular flexibility index (Phi) is 3.24. The number of nitrogens with one attached hydrogen (secondary N) is 1.